The summed E-state index contributed by atoms with van der Waals surface area (Å²) in [4.78, 5) is 36.6. The van der Waals surface area contributed by atoms with Gasteiger partial charge in [-0.15, -0.1) is 0 Å². The van der Waals surface area contributed by atoms with Crippen molar-refractivity contribution in [3.05, 3.63) is 35.6 Å². The summed E-state index contributed by atoms with van der Waals surface area (Å²) < 4.78 is 13.1. The van der Waals surface area contributed by atoms with Crippen LogP contribution in [0.2, 0.25) is 0 Å². The molecule has 1 aliphatic heterocycles. The summed E-state index contributed by atoms with van der Waals surface area (Å²) in [6, 6.07) is 5.21. The second kappa shape index (κ2) is 7.21. The monoisotopic (exact) mass is 322 g/mol. The molecule has 6 nitrogen and oxygen atoms in total. The zero-order chi connectivity index (χ0) is 17.0. The molecule has 0 bridgehead atoms. The van der Waals surface area contributed by atoms with Crippen LogP contribution < -0.4 is 5.32 Å². The predicted octanol–water partition coefficient (Wildman–Crippen LogP) is 1.12. The maximum absolute atomic E-state index is 13.1. The first-order valence-electron chi connectivity index (χ1n) is 7.43. The summed E-state index contributed by atoms with van der Waals surface area (Å²) >= 11 is 0. The van der Waals surface area contributed by atoms with Crippen LogP contribution in [-0.4, -0.2) is 47.4 Å². The van der Waals surface area contributed by atoms with E-state index in [1.807, 2.05) is 0 Å². The summed E-state index contributed by atoms with van der Waals surface area (Å²) in [5.74, 6) is -2.74. The van der Waals surface area contributed by atoms with Crippen LogP contribution in [0.15, 0.2) is 24.3 Å². The Morgan fingerprint density at radius 2 is 2.13 bits per heavy atom. The fourth-order valence-electron chi connectivity index (χ4n) is 2.74. The zero-order valence-corrected chi connectivity index (χ0v) is 12.8. The van der Waals surface area contributed by atoms with Crippen molar-refractivity contribution in [3.8, 4) is 0 Å². The smallest absolute Gasteiger partial charge is 0.306 e. The van der Waals surface area contributed by atoms with Gasteiger partial charge in [-0.25, -0.2) is 4.39 Å². The van der Waals surface area contributed by atoms with Gasteiger partial charge in [0.15, 0.2) is 0 Å². The topological polar surface area (TPSA) is 86.7 Å². The van der Waals surface area contributed by atoms with E-state index < -0.39 is 23.6 Å². The van der Waals surface area contributed by atoms with Gasteiger partial charge in [-0.05, 0) is 30.5 Å². The van der Waals surface area contributed by atoms with Crippen LogP contribution in [-0.2, 0) is 9.59 Å². The Labute approximate surface area is 133 Å². The van der Waals surface area contributed by atoms with Crippen LogP contribution in [0.1, 0.15) is 23.7 Å². The van der Waals surface area contributed by atoms with Gasteiger partial charge in [-0.1, -0.05) is 13.0 Å². The third-order valence-corrected chi connectivity index (χ3v) is 4.06. The lowest BCUT2D eigenvalue weighted by atomic mass is 9.87. The fraction of sp³-hybridized carbons (Fsp3) is 0.438. The molecular weight excluding hydrogens is 303 g/mol. The van der Waals surface area contributed by atoms with Gasteiger partial charge in [0.25, 0.3) is 5.91 Å². The average Bonchev–Trinajstić information content (AvgIpc) is 2.51. The summed E-state index contributed by atoms with van der Waals surface area (Å²) in [5.41, 5.74) is 0.149. The van der Waals surface area contributed by atoms with E-state index in [1.54, 1.807) is 11.8 Å². The van der Waals surface area contributed by atoms with Crippen molar-refractivity contribution in [2.24, 2.45) is 11.8 Å². The summed E-state index contributed by atoms with van der Waals surface area (Å²) in [5, 5.41) is 11.5. The first-order valence-corrected chi connectivity index (χ1v) is 7.43. The van der Waals surface area contributed by atoms with Gasteiger partial charge in [-0.2, -0.15) is 0 Å². The first kappa shape index (κ1) is 16.9. The van der Waals surface area contributed by atoms with E-state index >= 15 is 0 Å². The number of nitrogens with zero attached hydrogens (tertiary/aromatic N) is 1. The van der Waals surface area contributed by atoms with Crippen LogP contribution in [0.4, 0.5) is 4.39 Å². The molecule has 1 heterocycles. The van der Waals surface area contributed by atoms with Crippen LogP contribution in [0.25, 0.3) is 0 Å². The van der Waals surface area contributed by atoms with Crippen molar-refractivity contribution >= 4 is 17.8 Å². The second-order valence-electron chi connectivity index (χ2n) is 5.74. The number of piperidine rings is 1. The lowest BCUT2D eigenvalue weighted by Crippen LogP contribution is -2.48. The Morgan fingerprint density at radius 1 is 1.39 bits per heavy atom. The number of aliphatic carboxylic acids is 1. The van der Waals surface area contributed by atoms with Crippen LogP contribution in [0.3, 0.4) is 0 Å². The van der Waals surface area contributed by atoms with Gasteiger partial charge >= 0.3 is 5.97 Å². The minimum Gasteiger partial charge on any atom is -0.481 e. The molecule has 23 heavy (non-hydrogen) atoms. The Hall–Kier alpha value is -2.44. The van der Waals surface area contributed by atoms with Crippen molar-refractivity contribution in [1.29, 1.82) is 0 Å². The standard InChI is InChI=1S/C16H19FN2O4/c1-10-9-19(6-5-13(10)16(22)23)14(20)8-18-15(21)11-3-2-4-12(17)7-11/h2-4,7,10,13H,5-6,8-9H2,1H3,(H,18,21)(H,22,23). The number of hydrogen-bond acceptors (Lipinski definition) is 3. The van der Waals surface area contributed by atoms with Gasteiger partial charge in [-0.3, -0.25) is 14.4 Å². The molecule has 0 saturated carbocycles. The van der Waals surface area contributed by atoms with Crippen molar-refractivity contribution in [2.75, 3.05) is 19.6 Å². The van der Waals surface area contributed by atoms with E-state index in [4.69, 9.17) is 5.11 Å². The molecule has 2 rings (SSSR count). The molecule has 7 heteroatoms. The van der Waals surface area contributed by atoms with E-state index in [0.717, 1.165) is 6.07 Å². The highest BCUT2D eigenvalue weighted by atomic mass is 19.1. The first-order chi connectivity index (χ1) is 10.9. The van der Waals surface area contributed by atoms with Gasteiger partial charge < -0.3 is 15.3 Å². The number of amides is 2. The number of carbonyl (C=O) groups excluding carboxylic acids is 2. The van der Waals surface area contributed by atoms with E-state index in [1.165, 1.54) is 18.2 Å². The number of nitrogens with one attached hydrogen (secondary N) is 1. The quantitative estimate of drug-likeness (QED) is 0.870. The molecule has 0 radical (unpaired) electrons. The maximum atomic E-state index is 13.1. The molecule has 0 aromatic heterocycles. The van der Waals surface area contributed by atoms with E-state index in [2.05, 4.69) is 5.32 Å². The number of benzene rings is 1. The molecule has 1 aromatic rings. The summed E-state index contributed by atoms with van der Waals surface area (Å²) in [6.45, 7) is 2.31. The molecule has 1 aliphatic rings. The zero-order valence-electron chi connectivity index (χ0n) is 12.8. The minimum atomic E-state index is -0.844. The average molecular weight is 322 g/mol. The second-order valence-corrected chi connectivity index (χ2v) is 5.74. The molecule has 2 amide bonds. The van der Waals surface area contributed by atoms with Crippen molar-refractivity contribution in [1.82, 2.24) is 10.2 Å². The van der Waals surface area contributed by atoms with Gasteiger partial charge in [0.2, 0.25) is 5.91 Å². The number of carboxylic acids is 1. The SMILES string of the molecule is CC1CN(C(=O)CNC(=O)c2cccc(F)c2)CCC1C(=O)O. The molecule has 2 N–H and O–H groups in total. The number of halogens is 1. The third kappa shape index (κ3) is 4.28. The van der Waals surface area contributed by atoms with Crippen LogP contribution in [0, 0.1) is 17.7 Å². The number of rotatable bonds is 4. The highest BCUT2D eigenvalue weighted by Gasteiger charge is 2.32. The molecule has 1 fully saturated rings. The highest BCUT2D eigenvalue weighted by Crippen LogP contribution is 2.23. The number of likely N-dealkylation sites (tertiary alicyclic amines) is 1. The van der Waals surface area contributed by atoms with Crippen LogP contribution >= 0.6 is 0 Å². The van der Waals surface area contributed by atoms with E-state index in [9.17, 15) is 18.8 Å². The normalized spacial score (nSPS) is 20.9. The molecular formula is C16H19FN2O4. The van der Waals surface area contributed by atoms with Crippen molar-refractivity contribution in [3.63, 3.8) is 0 Å². The molecule has 124 valence electrons. The van der Waals surface area contributed by atoms with Gasteiger partial charge in [0.1, 0.15) is 5.82 Å². The summed E-state index contributed by atoms with van der Waals surface area (Å²) in [7, 11) is 0. The largest absolute Gasteiger partial charge is 0.481 e. The highest BCUT2D eigenvalue weighted by molar-refractivity contribution is 5.96. The molecule has 2 atom stereocenters. The summed E-state index contributed by atoms with van der Waals surface area (Å²) in [6.07, 6.45) is 0.403. The van der Waals surface area contributed by atoms with Crippen LogP contribution in [0.5, 0.6) is 0 Å². The Balaban J connectivity index is 1.86. The van der Waals surface area contributed by atoms with Crippen molar-refractivity contribution < 1.29 is 23.9 Å². The molecule has 0 aliphatic carbocycles. The Morgan fingerprint density at radius 3 is 2.74 bits per heavy atom. The Kier molecular flexibility index (Phi) is 5.31. The molecule has 0 spiro atoms. The van der Waals surface area contributed by atoms with Gasteiger partial charge in [0, 0.05) is 18.7 Å². The Bertz CT molecular complexity index is 620. The minimum absolute atomic E-state index is 0.135. The predicted molar refractivity (Wildman–Crippen MR) is 80.2 cm³/mol. The van der Waals surface area contributed by atoms with Gasteiger partial charge in [0.05, 0.1) is 12.5 Å². The third-order valence-electron chi connectivity index (χ3n) is 4.06. The maximum Gasteiger partial charge on any atom is 0.306 e. The lowest BCUT2D eigenvalue weighted by molar-refractivity contribution is -0.148. The number of carbonyl (C=O) groups is 3. The van der Waals surface area contributed by atoms with E-state index in [0.29, 0.717) is 19.5 Å². The fourth-order valence-corrected chi connectivity index (χ4v) is 2.74. The molecule has 1 saturated heterocycles. The van der Waals surface area contributed by atoms with Crippen molar-refractivity contribution in [2.45, 2.75) is 13.3 Å². The number of hydrogen-bond donors (Lipinski definition) is 2. The molecule has 1 aromatic carbocycles. The lowest BCUT2D eigenvalue weighted by Gasteiger charge is -2.35. The van der Waals surface area contributed by atoms with E-state index in [-0.39, 0.29) is 23.9 Å². The molecule has 2 unspecified atom stereocenters. The number of carboxylic acid groups (broad SMARTS) is 1.